The summed E-state index contributed by atoms with van der Waals surface area (Å²) in [7, 11) is 1.50. The summed E-state index contributed by atoms with van der Waals surface area (Å²) in [6.07, 6.45) is 1.70. The molecule has 0 saturated heterocycles. The molecule has 31 heavy (non-hydrogen) atoms. The van der Waals surface area contributed by atoms with Crippen LogP contribution in [0, 0.1) is 11.3 Å². The highest BCUT2D eigenvalue weighted by Gasteiger charge is 2.11. The van der Waals surface area contributed by atoms with E-state index in [9.17, 15) is 15.2 Å². The van der Waals surface area contributed by atoms with Crippen LogP contribution in [0.3, 0.4) is 0 Å². The summed E-state index contributed by atoms with van der Waals surface area (Å²) in [5, 5.41) is 20.4. The van der Waals surface area contributed by atoms with Gasteiger partial charge in [-0.2, -0.15) is 5.26 Å². The molecule has 0 bridgehead atoms. The Balaban J connectivity index is 1.56. The summed E-state index contributed by atoms with van der Waals surface area (Å²) >= 11 is 0. The molecule has 0 aliphatic heterocycles. The Kier molecular flexibility index (Phi) is 5.41. The predicted molar refractivity (Wildman–Crippen MR) is 110 cm³/mol. The molecule has 0 radical (unpaired) electrons. The fourth-order valence-electron chi connectivity index (χ4n) is 3.01. The van der Waals surface area contributed by atoms with E-state index < -0.39 is 5.97 Å². The van der Waals surface area contributed by atoms with Crippen LogP contribution in [0.15, 0.2) is 59.0 Å². The summed E-state index contributed by atoms with van der Waals surface area (Å²) in [6, 6.07) is 17.7. The molecule has 4 aromatic rings. The van der Waals surface area contributed by atoms with Gasteiger partial charge >= 0.3 is 0 Å². The number of hydrogen-bond acceptors (Lipinski definition) is 7. The van der Waals surface area contributed by atoms with Crippen molar-refractivity contribution in [3.8, 4) is 17.6 Å². The molecule has 4 rings (SSSR count). The number of para-hydroxylation sites is 2. The van der Waals surface area contributed by atoms with Crippen molar-refractivity contribution in [3.63, 3.8) is 0 Å². The summed E-state index contributed by atoms with van der Waals surface area (Å²) in [4.78, 5) is 18.4. The van der Waals surface area contributed by atoms with Crippen LogP contribution >= 0.6 is 0 Å². The van der Waals surface area contributed by atoms with Gasteiger partial charge in [0.2, 0.25) is 0 Å². The van der Waals surface area contributed by atoms with E-state index in [1.807, 2.05) is 24.3 Å². The van der Waals surface area contributed by atoms with Gasteiger partial charge in [0.15, 0.2) is 11.5 Å². The summed E-state index contributed by atoms with van der Waals surface area (Å²) in [5.74, 6) is 0.0421. The first kappa shape index (κ1) is 19.8. The van der Waals surface area contributed by atoms with E-state index in [0.717, 1.165) is 16.6 Å². The Hall–Kier alpha value is -4.51. The van der Waals surface area contributed by atoms with Crippen molar-refractivity contribution in [1.82, 2.24) is 9.97 Å². The van der Waals surface area contributed by atoms with Gasteiger partial charge in [-0.15, -0.1) is 0 Å². The van der Waals surface area contributed by atoms with Crippen LogP contribution in [0.4, 0.5) is 0 Å². The third-order valence-electron chi connectivity index (χ3n) is 4.50. The fourth-order valence-corrected chi connectivity index (χ4v) is 3.01. The number of aromatic nitrogens is 2. The zero-order valence-electron chi connectivity index (χ0n) is 16.4. The monoisotopic (exact) mass is 414 g/mol. The highest BCUT2D eigenvalue weighted by atomic mass is 16.5. The molecule has 2 aromatic carbocycles. The number of nitriles is 1. The number of aromatic carboxylic acids is 1. The average Bonchev–Trinajstić information content (AvgIpc) is 3.43. The van der Waals surface area contributed by atoms with Gasteiger partial charge in [0.05, 0.1) is 23.7 Å². The molecule has 0 atom stereocenters. The SMILES string of the molecule is COc1cc(/C=C(/C#N)c2nc3ccccc3[nH]2)ccc1OCc1ccc(C(=O)[O-])o1. The number of carboxylic acids is 1. The Morgan fingerprint density at radius 3 is 2.77 bits per heavy atom. The number of carbonyl (C=O) groups excluding carboxylic acids is 1. The van der Waals surface area contributed by atoms with E-state index >= 15 is 0 Å². The molecule has 154 valence electrons. The minimum atomic E-state index is -1.39. The molecule has 0 aliphatic rings. The molecule has 0 aliphatic carbocycles. The zero-order chi connectivity index (χ0) is 21.8. The lowest BCUT2D eigenvalue weighted by atomic mass is 10.1. The number of nitrogens with one attached hydrogen (secondary N) is 1. The second-order valence-electron chi connectivity index (χ2n) is 6.52. The fraction of sp³-hybridized carbons (Fsp3) is 0.0870. The van der Waals surface area contributed by atoms with Gasteiger partial charge in [0.25, 0.3) is 0 Å². The molecular formula is C23H16N3O5-. The van der Waals surface area contributed by atoms with E-state index in [-0.39, 0.29) is 12.4 Å². The summed E-state index contributed by atoms with van der Waals surface area (Å²) in [5.41, 5.74) is 2.72. The lowest BCUT2D eigenvalue weighted by Crippen LogP contribution is -2.21. The zero-order valence-corrected chi connectivity index (χ0v) is 16.4. The molecule has 1 N–H and O–H groups in total. The molecule has 0 unspecified atom stereocenters. The lowest BCUT2D eigenvalue weighted by molar-refractivity contribution is -0.257. The smallest absolute Gasteiger partial charge is 0.161 e. The first-order valence-electron chi connectivity index (χ1n) is 9.25. The van der Waals surface area contributed by atoms with Crippen molar-refractivity contribution in [1.29, 1.82) is 5.26 Å². The van der Waals surface area contributed by atoms with Gasteiger partial charge in [-0.05, 0) is 48.0 Å². The minimum absolute atomic E-state index is 0.0151. The number of carbonyl (C=O) groups is 1. The number of ether oxygens (including phenoxy) is 2. The first-order valence-corrected chi connectivity index (χ1v) is 9.25. The number of fused-ring (bicyclic) bond motifs is 1. The van der Waals surface area contributed by atoms with Gasteiger partial charge in [0.1, 0.15) is 36.0 Å². The van der Waals surface area contributed by atoms with Gasteiger partial charge in [-0.3, -0.25) is 0 Å². The molecule has 8 nitrogen and oxygen atoms in total. The Bertz CT molecular complexity index is 1290. The number of rotatable bonds is 7. The second-order valence-corrected chi connectivity index (χ2v) is 6.52. The van der Waals surface area contributed by atoms with Crippen molar-refractivity contribution < 1.29 is 23.8 Å². The maximum atomic E-state index is 10.8. The molecule has 0 fully saturated rings. The van der Waals surface area contributed by atoms with E-state index in [1.54, 1.807) is 24.3 Å². The summed E-state index contributed by atoms with van der Waals surface area (Å²) < 4.78 is 16.2. The van der Waals surface area contributed by atoms with Crippen LogP contribution in [0.2, 0.25) is 0 Å². The van der Waals surface area contributed by atoms with Gasteiger partial charge < -0.3 is 28.8 Å². The Morgan fingerprint density at radius 1 is 1.23 bits per heavy atom. The predicted octanol–water partition coefficient (Wildman–Crippen LogP) is 3.17. The highest BCUT2D eigenvalue weighted by Crippen LogP contribution is 2.30. The maximum Gasteiger partial charge on any atom is 0.161 e. The van der Waals surface area contributed by atoms with Crippen LogP contribution < -0.4 is 14.6 Å². The first-order chi connectivity index (χ1) is 15.1. The summed E-state index contributed by atoms with van der Waals surface area (Å²) in [6.45, 7) is 0.0151. The highest BCUT2D eigenvalue weighted by molar-refractivity contribution is 5.90. The molecule has 0 spiro atoms. The molecular weight excluding hydrogens is 398 g/mol. The molecule has 0 saturated carbocycles. The third-order valence-corrected chi connectivity index (χ3v) is 4.50. The Morgan fingerprint density at radius 2 is 2.06 bits per heavy atom. The second kappa shape index (κ2) is 8.47. The number of hydrogen-bond donors (Lipinski definition) is 1. The third kappa shape index (κ3) is 4.26. The van der Waals surface area contributed by atoms with Crippen molar-refractivity contribution in [3.05, 3.63) is 77.5 Å². The number of aromatic amines is 1. The van der Waals surface area contributed by atoms with E-state index in [2.05, 4.69) is 16.0 Å². The Labute approximate surface area is 177 Å². The van der Waals surface area contributed by atoms with Gasteiger partial charge in [-0.25, -0.2) is 4.98 Å². The molecule has 8 heteroatoms. The van der Waals surface area contributed by atoms with E-state index in [1.165, 1.54) is 19.2 Å². The standard InChI is InChI=1S/C23H17N3O5/c1-29-21-11-14(6-8-19(21)30-13-16-7-9-20(31-16)23(27)28)10-15(12-24)22-25-17-4-2-3-5-18(17)26-22/h2-11H,13H2,1H3,(H,25,26)(H,27,28)/p-1/b15-10-. The van der Waals surface area contributed by atoms with Crippen LogP contribution in [0.5, 0.6) is 11.5 Å². The largest absolute Gasteiger partial charge is 0.542 e. The molecule has 2 aromatic heterocycles. The van der Waals surface area contributed by atoms with E-state index in [4.69, 9.17) is 13.9 Å². The topological polar surface area (TPSA) is 124 Å². The number of nitrogens with zero attached hydrogens (tertiary/aromatic N) is 2. The molecule has 0 amide bonds. The van der Waals surface area contributed by atoms with Crippen molar-refractivity contribution in [2.45, 2.75) is 6.61 Å². The number of furan rings is 1. The number of benzene rings is 2. The average molecular weight is 414 g/mol. The van der Waals surface area contributed by atoms with Gasteiger partial charge in [0, 0.05) is 0 Å². The van der Waals surface area contributed by atoms with Gasteiger partial charge in [-0.1, -0.05) is 18.2 Å². The lowest BCUT2D eigenvalue weighted by Gasteiger charge is -2.10. The number of methoxy groups -OCH3 is 1. The quantitative estimate of drug-likeness (QED) is 0.461. The molecule has 2 heterocycles. The van der Waals surface area contributed by atoms with Crippen molar-refractivity contribution in [2.24, 2.45) is 0 Å². The van der Waals surface area contributed by atoms with Crippen molar-refractivity contribution >= 4 is 28.7 Å². The maximum absolute atomic E-state index is 10.8. The van der Waals surface area contributed by atoms with Crippen LogP contribution in [0.1, 0.15) is 27.7 Å². The number of H-pyrrole nitrogens is 1. The number of carboxylic acid groups (broad SMARTS) is 1. The number of allylic oxidation sites excluding steroid dienone is 1. The van der Waals surface area contributed by atoms with Crippen LogP contribution in [-0.2, 0) is 6.61 Å². The van der Waals surface area contributed by atoms with E-state index in [0.29, 0.717) is 28.7 Å². The normalized spacial score (nSPS) is 11.3. The van der Waals surface area contributed by atoms with Crippen LogP contribution in [-0.4, -0.2) is 23.0 Å². The minimum Gasteiger partial charge on any atom is -0.542 e. The van der Waals surface area contributed by atoms with Crippen molar-refractivity contribution in [2.75, 3.05) is 7.11 Å². The number of imidazole rings is 1. The van der Waals surface area contributed by atoms with Crippen LogP contribution in [0.25, 0.3) is 22.7 Å².